The maximum atomic E-state index is 12.2. The van der Waals surface area contributed by atoms with Gasteiger partial charge < -0.3 is 10.6 Å². The molecule has 1 rings (SSSR count). The fourth-order valence-corrected chi connectivity index (χ4v) is 2.39. The van der Waals surface area contributed by atoms with Gasteiger partial charge >= 0.3 is 0 Å². The van der Waals surface area contributed by atoms with E-state index in [1.165, 1.54) is 11.3 Å². The van der Waals surface area contributed by atoms with Gasteiger partial charge in [0.05, 0.1) is 9.87 Å². The summed E-state index contributed by atoms with van der Waals surface area (Å²) in [5.41, 5.74) is 5.58. The molecule has 0 saturated heterocycles. The predicted molar refractivity (Wildman–Crippen MR) is 76.6 cm³/mol. The third-order valence-corrected chi connectivity index (χ3v) is 3.99. The van der Waals surface area contributed by atoms with Crippen LogP contribution in [0.1, 0.15) is 28.4 Å². The van der Waals surface area contributed by atoms with Crippen LogP contribution in [0.4, 0.5) is 0 Å². The lowest BCUT2D eigenvalue weighted by Gasteiger charge is -2.23. The van der Waals surface area contributed by atoms with E-state index < -0.39 is 0 Å². The second-order valence-electron chi connectivity index (χ2n) is 4.06. The van der Waals surface area contributed by atoms with Gasteiger partial charge in [0, 0.05) is 23.9 Å². The zero-order valence-corrected chi connectivity index (χ0v) is 12.0. The molecule has 0 aromatic carbocycles. The maximum Gasteiger partial charge on any atom is 0.263 e. The number of thiophene rings is 1. The molecule has 1 atom stereocenters. The van der Waals surface area contributed by atoms with Crippen molar-refractivity contribution >= 4 is 34.5 Å². The Balaban J connectivity index is 2.74. The number of aryl methyl sites for hydroxylation is 1. The van der Waals surface area contributed by atoms with Gasteiger partial charge in [-0.05, 0) is 26.0 Å². The molecule has 0 radical (unpaired) electrons. The SMILES string of the molecule is CCN(CC(C)C(N)=S)C(=O)c1ccc(C)s1. The Morgan fingerprint density at radius 3 is 2.65 bits per heavy atom. The van der Waals surface area contributed by atoms with E-state index in [-0.39, 0.29) is 11.8 Å². The summed E-state index contributed by atoms with van der Waals surface area (Å²) in [7, 11) is 0. The normalized spacial score (nSPS) is 12.2. The quantitative estimate of drug-likeness (QED) is 0.836. The van der Waals surface area contributed by atoms with Crippen molar-refractivity contribution in [2.45, 2.75) is 20.8 Å². The smallest absolute Gasteiger partial charge is 0.263 e. The molecule has 0 aliphatic heterocycles. The molecule has 0 spiro atoms. The van der Waals surface area contributed by atoms with Crippen molar-refractivity contribution in [1.29, 1.82) is 0 Å². The van der Waals surface area contributed by atoms with Gasteiger partial charge in [-0.1, -0.05) is 19.1 Å². The highest BCUT2D eigenvalue weighted by Gasteiger charge is 2.18. The molecular formula is C12H18N2OS2. The highest BCUT2D eigenvalue weighted by molar-refractivity contribution is 7.80. The Morgan fingerprint density at radius 1 is 1.59 bits per heavy atom. The Labute approximate surface area is 112 Å². The van der Waals surface area contributed by atoms with Crippen molar-refractivity contribution < 1.29 is 4.79 Å². The molecule has 0 fully saturated rings. The van der Waals surface area contributed by atoms with Crippen LogP contribution in [0.5, 0.6) is 0 Å². The molecule has 2 N–H and O–H groups in total. The summed E-state index contributed by atoms with van der Waals surface area (Å²) in [5.74, 6) is 0.114. The molecule has 94 valence electrons. The van der Waals surface area contributed by atoms with Crippen LogP contribution >= 0.6 is 23.6 Å². The van der Waals surface area contributed by atoms with Crippen molar-refractivity contribution in [2.24, 2.45) is 11.7 Å². The molecule has 0 aliphatic rings. The maximum absolute atomic E-state index is 12.2. The Kier molecular flexibility index (Phi) is 5.08. The van der Waals surface area contributed by atoms with Crippen LogP contribution in [0, 0.1) is 12.8 Å². The molecular weight excluding hydrogens is 252 g/mol. The van der Waals surface area contributed by atoms with Crippen LogP contribution < -0.4 is 5.73 Å². The number of rotatable bonds is 5. The number of amides is 1. The largest absolute Gasteiger partial charge is 0.393 e. The average Bonchev–Trinajstić information content (AvgIpc) is 2.71. The molecule has 1 amide bonds. The van der Waals surface area contributed by atoms with Gasteiger partial charge in [-0.3, -0.25) is 4.79 Å². The second-order valence-corrected chi connectivity index (χ2v) is 5.82. The number of nitrogens with two attached hydrogens (primary N) is 1. The molecule has 0 saturated carbocycles. The zero-order valence-electron chi connectivity index (χ0n) is 10.4. The minimum Gasteiger partial charge on any atom is -0.393 e. The number of carbonyl (C=O) groups is 1. The van der Waals surface area contributed by atoms with Crippen molar-refractivity contribution in [3.8, 4) is 0 Å². The molecule has 5 heteroatoms. The van der Waals surface area contributed by atoms with E-state index >= 15 is 0 Å². The van der Waals surface area contributed by atoms with E-state index in [2.05, 4.69) is 0 Å². The van der Waals surface area contributed by atoms with Crippen molar-refractivity contribution in [2.75, 3.05) is 13.1 Å². The highest BCUT2D eigenvalue weighted by Crippen LogP contribution is 2.17. The van der Waals surface area contributed by atoms with Crippen LogP contribution in [-0.2, 0) is 0 Å². The van der Waals surface area contributed by atoms with E-state index in [1.54, 1.807) is 4.90 Å². The topological polar surface area (TPSA) is 46.3 Å². The first-order valence-corrected chi connectivity index (χ1v) is 6.83. The Bertz CT molecular complexity index is 414. The van der Waals surface area contributed by atoms with E-state index in [0.29, 0.717) is 18.1 Å². The first-order valence-electron chi connectivity index (χ1n) is 5.60. The zero-order chi connectivity index (χ0) is 13.0. The second kappa shape index (κ2) is 6.12. The summed E-state index contributed by atoms with van der Waals surface area (Å²) < 4.78 is 0. The summed E-state index contributed by atoms with van der Waals surface area (Å²) >= 11 is 6.45. The molecule has 0 bridgehead atoms. The van der Waals surface area contributed by atoms with Gasteiger partial charge in [0.2, 0.25) is 0 Å². The lowest BCUT2D eigenvalue weighted by molar-refractivity contribution is 0.0760. The van der Waals surface area contributed by atoms with Gasteiger partial charge in [-0.25, -0.2) is 0 Å². The van der Waals surface area contributed by atoms with Gasteiger partial charge in [-0.15, -0.1) is 11.3 Å². The van der Waals surface area contributed by atoms with Gasteiger partial charge in [0.25, 0.3) is 5.91 Å². The van der Waals surface area contributed by atoms with Crippen molar-refractivity contribution in [3.63, 3.8) is 0 Å². The first-order chi connectivity index (χ1) is 7.95. The number of nitrogens with zero attached hydrogens (tertiary/aromatic N) is 1. The monoisotopic (exact) mass is 270 g/mol. The fraction of sp³-hybridized carbons (Fsp3) is 0.500. The third-order valence-electron chi connectivity index (χ3n) is 2.60. The number of thiocarbonyl (C=S) groups is 1. The summed E-state index contributed by atoms with van der Waals surface area (Å²) in [6.45, 7) is 7.16. The van der Waals surface area contributed by atoms with Crippen molar-refractivity contribution in [1.82, 2.24) is 4.90 Å². The fourth-order valence-electron chi connectivity index (χ4n) is 1.48. The van der Waals surface area contributed by atoms with Crippen LogP contribution in [0.3, 0.4) is 0 Å². The van der Waals surface area contributed by atoms with E-state index in [0.717, 1.165) is 9.75 Å². The molecule has 0 aliphatic carbocycles. The van der Waals surface area contributed by atoms with Crippen LogP contribution in [-0.4, -0.2) is 28.9 Å². The molecule has 1 aromatic rings. The Morgan fingerprint density at radius 2 is 2.24 bits per heavy atom. The standard InChI is InChI=1S/C12H18N2OS2/c1-4-14(7-8(2)11(13)16)12(15)10-6-5-9(3)17-10/h5-6,8H,4,7H2,1-3H3,(H2,13,16). The summed E-state index contributed by atoms with van der Waals surface area (Å²) in [6.07, 6.45) is 0. The molecule has 1 heterocycles. The molecule has 1 unspecified atom stereocenters. The molecule has 17 heavy (non-hydrogen) atoms. The van der Waals surface area contributed by atoms with Crippen LogP contribution in [0.2, 0.25) is 0 Å². The first kappa shape index (κ1) is 14.1. The van der Waals surface area contributed by atoms with Crippen LogP contribution in [0.25, 0.3) is 0 Å². The summed E-state index contributed by atoms with van der Waals surface area (Å²) in [4.78, 5) is 16.4. The predicted octanol–water partition coefficient (Wildman–Crippen LogP) is 2.44. The minimum atomic E-state index is 0.0509. The van der Waals surface area contributed by atoms with E-state index in [1.807, 2.05) is 32.9 Å². The third kappa shape index (κ3) is 3.78. The average molecular weight is 270 g/mol. The minimum absolute atomic E-state index is 0.0509. The number of hydrogen-bond donors (Lipinski definition) is 1. The van der Waals surface area contributed by atoms with Gasteiger partial charge in [0.15, 0.2) is 0 Å². The lowest BCUT2D eigenvalue weighted by Crippen LogP contribution is -2.37. The highest BCUT2D eigenvalue weighted by atomic mass is 32.1. The number of hydrogen-bond acceptors (Lipinski definition) is 3. The van der Waals surface area contributed by atoms with Crippen molar-refractivity contribution in [3.05, 3.63) is 21.9 Å². The number of carbonyl (C=O) groups excluding carboxylic acids is 1. The van der Waals surface area contributed by atoms with E-state index in [4.69, 9.17) is 18.0 Å². The van der Waals surface area contributed by atoms with E-state index in [9.17, 15) is 4.79 Å². The molecule has 3 nitrogen and oxygen atoms in total. The molecule has 1 aromatic heterocycles. The van der Waals surface area contributed by atoms with Gasteiger partial charge in [-0.2, -0.15) is 0 Å². The summed E-state index contributed by atoms with van der Waals surface area (Å²) in [6, 6.07) is 3.83. The Hall–Kier alpha value is -0.940. The van der Waals surface area contributed by atoms with Crippen LogP contribution in [0.15, 0.2) is 12.1 Å². The summed E-state index contributed by atoms with van der Waals surface area (Å²) in [5, 5.41) is 0. The lowest BCUT2D eigenvalue weighted by atomic mass is 10.1. The van der Waals surface area contributed by atoms with Gasteiger partial charge in [0.1, 0.15) is 0 Å².